The van der Waals surface area contributed by atoms with E-state index in [1.807, 2.05) is 36.5 Å². The van der Waals surface area contributed by atoms with E-state index in [9.17, 15) is 4.79 Å². The Morgan fingerprint density at radius 2 is 1.97 bits per heavy atom. The van der Waals surface area contributed by atoms with Crippen molar-refractivity contribution < 1.29 is 9.21 Å². The smallest absolute Gasteiger partial charge is 0.224 e. The molecule has 3 heterocycles. The van der Waals surface area contributed by atoms with Gasteiger partial charge in [-0.2, -0.15) is 0 Å². The molecule has 146 valence electrons. The average molecular weight is 385 g/mol. The molecule has 5 rings (SSSR count). The van der Waals surface area contributed by atoms with Crippen LogP contribution in [0.5, 0.6) is 0 Å². The van der Waals surface area contributed by atoms with Crippen molar-refractivity contribution in [1.82, 2.24) is 10.3 Å². The number of nitrogens with one attached hydrogen (secondary N) is 1. The highest BCUT2D eigenvalue weighted by atomic mass is 16.3. The Labute approximate surface area is 169 Å². The Balaban J connectivity index is 1.30. The first kappa shape index (κ1) is 17.7. The summed E-state index contributed by atoms with van der Waals surface area (Å²) in [5, 5.41) is 6.33. The van der Waals surface area contributed by atoms with Crippen molar-refractivity contribution in [2.24, 2.45) is 0 Å². The second-order valence-electron chi connectivity index (χ2n) is 7.59. The van der Waals surface area contributed by atoms with Crippen molar-refractivity contribution in [3.63, 3.8) is 0 Å². The monoisotopic (exact) mass is 385 g/mol. The molecule has 0 spiro atoms. The Morgan fingerprint density at radius 3 is 2.86 bits per heavy atom. The van der Waals surface area contributed by atoms with E-state index in [0.29, 0.717) is 13.0 Å². The number of fused-ring (bicyclic) bond motifs is 3. The first-order valence-corrected chi connectivity index (χ1v) is 10.1. The fourth-order valence-corrected chi connectivity index (χ4v) is 4.13. The molecular formula is C24H23N3O2. The van der Waals surface area contributed by atoms with E-state index in [-0.39, 0.29) is 5.91 Å². The van der Waals surface area contributed by atoms with Gasteiger partial charge in [-0.25, -0.2) is 4.98 Å². The van der Waals surface area contributed by atoms with Gasteiger partial charge in [-0.1, -0.05) is 30.3 Å². The predicted molar refractivity (Wildman–Crippen MR) is 115 cm³/mol. The lowest BCUT2D eigenvalue weighted by Gasteiger charge is -2.17. The second kappa shape index (κ2) is 7.59. The van der Waals surface area contributed by atoms with Gasteiger partial charge >= 0.3 is 0 Å². The summed E-state index contributed by atoms with van der Waals surface area (Å²) < 4.78 is 5.70. The first-order valence-electron chi connectivity index (χ1n) is 10.1. The number of anilines is 1. The maximum atomic E-state index is 12.6. The molecule has 1 amide bonds. The zero-order chi connectivity index (χ0) is 19.6. The fraction of sp³-hybridized carbons (Fsp3) is 0.250. The number of aromatic nitrogens is 1. The number of carbonyl (C=O) groups is 1. The third-order valence-corrected chi connectivity index (χ3v) is 5.62. The number of hydrogen-bond acceptors (Lipinski definition) is 4. The minimum Gasteiger partial charge on any atom is -0.464 e. The van der Waals surface area contributed by atoms with E-state index >= 15 is 0 Å². The molecule has 2 aromatic heterocycles. The molecule has 5 heteroatoms. The molecule has 1 aliphatic heterocycles. The van der Waals surface area contributed by atoms with Crippen LogP contribution in [0, 0.1) is 0 Å². The van der Waals surface area contributed by atoms with Gasteiger partial charge in [-0.05, 0) is 47.4 Å². The number of carbonyl (C=O) groups excluding carboxylic acids is 1. The quantitative estimate of drug-likeness (QED) is 0.552. The van der Waals surface area contributed by atoms with Crippen molar-refractivity contribution >= 4 is 33.5 Å². The summed E-state index contributed by atoms with van der Waals surface area (Å²) in [6.07, 6.45) is 6.26. The second-order valence-corrected chi connectivity index (χ2v) is 7.59. The summed E-state index contributed by atoms with van der Waals surface area (Å²) in [7, 11) is 0. The number of hydrogen-bond donors (Lipinski definition) is 1. The normalized spacial score (nSPS) is 14.0. The molecule has 0 saturated carbocycles. The Hall–Kier alpha value is -3.34. The van der Waals surface area contributed by atoms with Gasteiger partial charge in [0.25, 0.3) is 0 Å². The Morgan fingerprint density at radius 1 is 1.10 bits per heavy atom. The van der Waals surface area contributed by atoms with Crippen LogP contribution in [0.25, 0.3) is 21.7 Å². The lowest BCUT2D eigenvalue weighted by molar-refractivity contribution is -0.120. The molecule has 0 radical (unpaired) electrons. The molecule has 0 atom stereocenters. The van der Waals surface area contributed by atoms with Crippen LogP contribution in [0.15, 0.2) is 65.4 Å². The van der Waals surface area contributed by atoms with E-state index in [1.165, 1.54) is 12.8 Å². The van der Waals surface area contributed by atoms with Gasteiger partial charge in [0.05, 0.1) is 12.7 Å². The van der Waals surface area contributed by atoms with Crippen molar-refractivity contribution in [2.75, 3.05) is 18.0 Å². The third kappa shape index (κ3) is 3.56. The highest BCUT2D eigenvalue weighted by Gasteiger charge is 2.15. The minimum absolute atomic E-state index is 0.0137. The van der Waals surface area contributed by atoms with Crippen molar-refractivity contribution in [2.45, 2.75) is 25.8 Å². The summed E-state index contributed by atoms with van der Waals surface area (Å²) in [6.45, 7) is 2.62. The van der Waals surface area contributed by atoms with Crippen LogP contribution in [-0.4, -0.2) is 24.0 Å². The van der Waals surface area contributed by atoms with E-state index < -0.39 is 0 Å². The molecule has 1 N–H and O–H groups in total. The standard InChI is InChI=1S/C24H23N3O2/c28-23(26-15-17-9-10-25-22(13-17)27-11-3-4-12-27)14-19-16-29-21-8-7-18-5-1-2-6-20(18)24(19)21/h1-2,5-10,13,16H,3-4,11-12,14-15H2,(H,26,28). The van der Waals surface area contributed by atoms with Crippen LogP contribution in [-0.2, 0) is 17.8 Å². The molecule has 5 nitrogen and oxygen atoms in total. The molecule has 0 aliphatic carbocycles. The molecule has 1 saturated heterocycles. The van der Waals surface area contributed by atoms with Gasteiger partial charge in [0.1, 0.15) is 11.4 Å². The van der Waals surface area contributed by atoms with Gasteiger partial charge in [0, 0.05) is 36.8 Å². The number of nitrogens with zero attached hydrogens (tertiary/aromatic N) is 2. The molecule has 0 unspecified atom stereocenters. The number of amides is 1. The van der Waals surface area contributed by atoms with Crippen LogP contribution in [0.3, 0.4) is 0 Å². The minimum atomic E-state index is -0.0137. The van der Waals surface area contributed by atoms with Crippen molar-refractivity contribution in [1.29, 1.82) is 0 Å². The SMILES string of the molecule is O=C(Cc1coc2ccc3ccccc3c12)NCc1ccnc(N2CCCC2)c1. The van der Waals surface area contributed by atoms with E-state index in [0.717, 1.165) is 51.8 Å². The van der Waals surface area contributed by atoms with Crippen molar-refractivity contribution in [3.05, 3.63) is 72.1 Å². The topological polar surface area (TPSA) is 58.4 Å². The fourth-order valence-electron chi connectivity index (χ4n) is 4.13. The maximum absolute atomic E-state index is 12.6. The van der Waals surface area contributed by atoms with Crippen LogP contribution in [0.2, 0.25) is 0 Å². The zero-order valence-corrected chi connectivity index (χ0v) is 16.2. The first-order chi connectivity index (χ1) is 14.3. The summed E-state index contributed by atoms with van der Waals surface area (Å²) in [6, 6.07) is 16.2. The predicted octanol–water partition coefficient (Wildman–Crippen LogP) is 4.44. The van der Waals surface area contributed by atoms with Crippen LogP contribution >= 0.6 is 0 Å². The summed E-state index contributed by atoms with van der Waals surface area (Å²) in [5.74, 6) is 0.988. The van der Waals surface area contributed by atoms with Gasteiger partial charge in [0.2, 0.25) is 5.91 Å². The summed E-state index contributed by atoms with van der Waals surface area (Å²) in [5.41, 5.74) is 2.80. The zero-order valence-electron chi connectivity index (χ0n) is 16.2. The summed E-state index contributed by atoms with van der Waals surface area (Å²) >= 11 is 0. The van der Waals surface area contributed by atoms with Crippen molar-refractivity contribution in [3.8, 4) is 0 Å². The molecule has 2 aromatic carbocycles. The Kier molecular flexibility index (Phi) is 4.64. The number of pyridine rings is 1. The van der Waals surface area contributed by atoms with Gasteiger partial charge in [0.15, 0.2) is 0 Å². The third-order valence-electron chi connectivity index (χ3n) is 5.62. The molecule has 1 fully saturated rings. The molecule has 1 aliphatic rings. The molecule has 29 heavy (non-hydrogen) atoms. The number of rotatable bonds is 5. The van der Waals surface area contributed by atoms with Gasteiger partial charge in [-0.15, -0.1) is 0 Å². The van der Waals surface area contributed by atoms with Crippen LogP contribution in [0.4, 0.5) is 5.82 Å². The largest absolute Gasteiger partial charge is 0.464 e. The molecule has 0 bridgehead atoms. The van der Waals surface area contributed by atoms with Crippen LogP contribution < -0.4 is 10.2 Å². The van der Waals surface area contributed by atoms with E-state index in [4.69, 9.17) is 4.42 Å². The van der Waals surface area contributed by atoms with Gasteiger partial charge < -0.3 is 14.6 Å². The average Bonchev–Trinajstić information content (AvgIpc) is 3.43. The number of furan rings is 1. The Bertz CT molecular complexity index is 1180. The summed E-state index contributed by atoms with van der Waals surface area (Å²) in [4.78, 5) is 19.4. The molecular weight excluding hydrogens is 362 g/mol. The van der Waals surface area contributed by atoms with E-state index in [2.05, 4.69) is 33.4 Å². The van der Waals surface area contributed by atoms with Crippen LogP contribution in [0.1, 0.15) is 24.0 Å². The lowest BCUT2D eigenvalue weighted by Crippen LogP contribution is -2.25. The number of benzene rings is 2. The highest BCUT2D eigenvalue weighted by Crippen LogP contribution is 2.30. The lowest BCUT2D eigenvalue weighted by atomic mass is 10.0. The van der Waals surface area contributed by atoms with E-state index in [1.54, 1.807) is 6.26 Å². The highest BCUT2D eigenvalue weighted by molar-refractivity contribution is 6.08. The molecule has 4 aromatic rings. The van der Waals surface area contributed by atoms with Gasteiger partial charge in [-0.3, -0.25) is 4.79 Å². The maximum Gasteiger partial charge on any atom is 0.224 e.